The largest absolute Gasteiger partial charge is 0.405 e. The first-order valence-electron chi connectivity index (χ1n) is 8.28. The van der Waals surface area contributed by atoms with Crippen molar-refractivity contribution in [2.75, 3.05) is 34.4 Å². The minimum atomic E-state index is -4.34. The van der Waals surface area contributed by atoms with Crippen LogP contribution in [-0.4, -0.2) is 47.0 Å². The molecule has 0 atom stereocenters. The van der Waals surface area contributed by atoms with Crippen LogP contribution in [0.1, 0.15) is 12.8 Å². The van der Waals surface area contributed by atoms with Crippen LogP contribution < -0.4 is 15.5 Å². The first-order valence-corrected chi connectivity index (χ1v) is 10.1. The van der Waals surface area contributed by atoms with Gasteiger partial charge in [0.15, 0.2) is 4.34 Å². The van der Waals surface area contributed by atoms with Crippen LogP contribution in [0.2, 0.25) is 0 Å². The number of amides is 2. The van der Waals surface area contributed by atoms with Gasteiger partial charge < -0.3 is 15.5 Å². The standard InChI is InChI=1S/C16H16F3N5O2S2/c17-16(18,19)9-20-14-22-23-15(28-14)27-8-12(25)21-10-4-1-2-5-11(10)24-7-3-6-13(24)26/h1-2,4-5H,3,6-9H2,(H,20,22)(H,21,25). The third kappa shape index (κ3) is 5.58. The van der Waals surface area contributed by atoms with Crippen LogP contribution in [0.3, 0.4) is 0 Å². The predicted octanol–water partition coefficient (Wildman–Crippen LogP) is 3.37. The van der Waals surface area contributed by atoms with E-state index in [0.717, 1.165) is 29.5 Å². The van der Waals surface area contributed by atoms with Crippen molar-refractivity contribution in [3.8, 4) is 0 Å². The van der Waals surface area contributed by atoms with Crippen LogP contribution in [-0.2, 0) is 9.59 Å². The number of benzene rings is 1. The summed E-state index contributed by atoms with van der Waals surface area (Å²) in [4.78, 5) is 25.9. The fourth-order valence-corrected chi connectivity index (χ4v) is 4.09. The minimum absolute atomic E-state index is 0.0101. The molecule has 1 fully saturated rings. The summed E-state index contributed by atoms with van der Waals surface area (Å²) in [6.07, 6.45) is -3.08. The van der Waals surface area contributed by atoms with Crippen molar-refractivity contribution in [3.05, 3.63) is 24.3 Å². The van der Waals surface area contributed by atoms with E-state index in [0.29, 0.717) is 28.7 Å². The molecule has 1 saturated heterocycles. The molecule has 0 spiro atoms. The number of nitrogens with zero attached hydrogens (tertiary/aromatic N) is 3. The number of halogens is 3. The monoisotopic (exact) mass is 431 g/mol. The molecule has 0 aliphatic carbocycles. The van der Waals surface area contributed by atoms with E-state index in [-0.39, 0.29) is 22.7 Å². The smallest absolute Gasteiger partial charge is 0.351 e. The molecule has 3 rings (SSSR count). The number of carbonyl (C=O) groups excluding carboxylic acids is 2. The molecule has 28 heavy (non-hydrogen) atoms. The molecule has 12 heteroatoms. The molecule has 0 radical (unpaired) electrons. The Bertz CT molecular complexity index is 859. The van der Waals surface area contributed by atoms with Crippen molar-refractivity contribution in [2.24, 2.45) is 0 Å². The van der Waals surface area contributed by atoms with Crippen molar-refractivity contribution in [1.82, 2.24) is 10.2 Å². The number of nitrogens with one attached hydrogen (secondary N) is 2. The topological polar surface area (TPSA) is 87.2 Å². The lowest BCUT2D eigenvalue weighted by Crippen LogP contribution is -2.25. The van der Waals surface area contributed by atoms with E-state index in [2.05, 4.69) is 20.8 Å². The molecule has 2 amide bonds. The van der Waals surface area contributed by atoms with Gasteiger partial charge in [-0.2, -0.15) is 13.2 Å². The molecule has 2 N–H and O–H groups in total. The van der Waals surface area contributed by atoms with Gasteiger partial charge in [-0.1, -0.05) is 35.2 Å². The van der Waals surface area contributed by atoms with Gasteiger partial charge in [-0.15, -0.1) is 10.2 Å². The molecule has 2 aromatic rings. The highest BCUT2D eigenvalue weighted by Crippen LogP contribution is 2.30. The zero-order valence-electron chi connectivity index (χ0n) is 14.5. The van der Waals surface area contributed by atoms with Gasteiger partial charge in [0, 0.05) is 13.0 Å². The van der Waals surface area contributed by atoms with E-state index in [4.69, 9.17) is 0 Å². The fraction of sp³-hybridized carbons (Fsp3) is 0.375. The molecule has 150 valence electrons. The summed E-state index contributed by atoms with van der Waals surface area (Å²) in [5.41, 5.74) is 1.19. The lowest BCUT2D eigenvalue weighted by atomic mass is 10.2. The van der Waals surface area contributed by atoms with Crippen LogP contribution in [0, 0.1) is 0 Å². The predicted molar refractivity (Wildman–Crippen MR) is 102 cm³/mol. The second-order valence-electron chi connectivity index (χ2n) is 5.84. The van der Waals surface area contributed by atoms with Crippen LogP contribution in [0.25, 0.3) is 0 Å². The van der Waals surface area contributed by atoms with E-state index in [1.165, 1.54) is 0 Å². The maximum atomic E-state index is 12.3. The van der Waals surface area contributed by atoms with Gasteiger partial charge in [-0.25, -0.2) is 0 Å². The molecular formula is C16H16F3N5O2S2. The van der Waals surface area contributed by atoms with E-state index in [9.17, 15) is 22.8 Å². The van der Waals surface area contributed by atoms with Crippen LogP contribution in [0.4, 0.5) is 29.7 Å². The molecule has 0 saturated carbocycles. The number of carbonyl (C=O) groups is 2. The quantitative estimate of drug-likeness (QED) is 0.654. The highest BCUT2D eigenvalue weighted by atomic mass is 32.2. The Labute approximate surface area is 166 Å². The second-order valence-corrected chi connectivity index (χ2v) is 8.04. The minimum Gasteiger partial charge on any atom is -0.351 e. The average Bonchev–Trinajstić information content (AvgIpc) is 3.27. The Hall–Kier alpha value is -2.34. The molecule has 7 nitrogen and oxygen atoms in total. The van der Waals surface area contributed by atoms with Crippen molar-refractivity contribution < 1.29 is 22.8 Å². The van der Waals surface area contributed by atoms with Gasteiger partial charge in [0.1, 0.15) is 6.54 Å². The summed E-state index contributed by atoms with van der Waals surface area (Å²) in [6.45, 7) is -0.586. The zero-order chi connectivity index (χ0) is 20.1. The van der Waals surface area contributed by atoms with Gasteiger partial charge in [0.2, 0.25) is 16.9 Å². The highest BCUT2D eigenvalue weighted by molar-refractivity contribution is 8.01. The summed E-state index contributed by atoms with van der Waals surface area (Å²) < 4.78 is 36.9. The molecule has 1 aliphatic heterocycles. The first kappa shape index (κ1) is 20.4. The van der Waals surface area contributed by atoms with Crippen molar-refractivity contribution in [1.29, 1.82) is 0 Å². The summed E-state index contributed by atoms with van der Waals surface area (Å²) >= 11 is 2.01. The van der Waals surface area contributed by atoms with Crippen LogP contribution in [0.15, 0.2) is 28.6 Å². The van der Waals surface area contributed by atoms with Crippen molar-refractivity contribution in [2.45, 2.75) is 23.4 Å². The number of para-hydroxylation sites is 2. The number of alkyl halides is 3. The molecule has 1 aromatic heterocycles. The Morgan fingerprint density at radius 2 is 2.07 bits per heavy atom. The molecule has 0 unspecified atom stereocenters. The highest BCUT2D eigenvalue weighted by Gasteiger charge is 2.27. The molecule has 1 aliphatic rings. The van der Waals surface area contributed by atoms with E-state index in [1.807, 2.05) is 0 Å². The van der Waals surface area contributed by atoms with Gasteiger partial charge in [-0.05, 0) is 18.6 Å². The Morgan fingerprint density at radius 3 is 2.79 bits per heavy atom. The summed E-state index contributed by atoms with van der Waals surface area (Å²) in [5.74, 6) is -0.288. The zero-order valence-corrected chi connectivity index (χ0v) is 16.1. The number of thioether (sulfide) groups is 1. The van der Waals surface area contributed by atoms with Gasteiger partial charge >= 0.3 is 6.18 Å². The number of hydrogen-bond donors (Lipinski definition) is 2. The molecular weight excluding hydrogens is 415 g/mol. The van der Waals surface area contributed by atoms with Gasteiger partial charge in [0.05, 0.1) is 17.1 Å². The van der Waals surface area contributed by atoms with Crippen LogP contribution in [0.5, 0.6) is 0 Å². The van der Waals surface area contributed by atoms with E-state index >= 15 is 0 Å². The van der Waals surface area contributed by atoms with Gasteiger partial charge in [0.25, 0.3) is 0 Å². The average molecular weight is 431 g/mol. The van der Waals surface area contributed by atoms with E-state index in [1.54, 1.807) is 29.2 Å². The Balaban J connectivity index is 1.54. The maximum absolute atomic E-state index is 12.3. The first-order chi connectivity index (χ1) is 13.3. The third-order valence-electron chi connectivity index (χ3n) is 3.72. The molecule has 1 aromatic carbocycles. The van der Waals surface area contributed by atoms with Crippen LogP contribution >= 0.6 is 23.1 Å². The molecule has 2 heterocycles. The number of hydrogen-bond acceptors (Lipinski definition) is 7. The lowest BCUT2D eigenvalue weighted by Gasteiger charge is -2.19. The second kappa shape index (κ2) is 8.78. The lowest BCUT2D eigenvalue weighted by molar-refractivity contribution is -0.117. The summed E-state index contributed by atoms with van der Waals surface area (Å²) in [7, 11) is 0. The maximum Gasteiger partial charge on any atom is 0.405 e. The Kier molecular flexibility index (Phi) is 6.39. The summed E-state index contributed by atoms with van der Waals surface area (Å²) in [5, 5.41) is 12.3. The Morgan fingerprint density at radius 1 is 1.29 bits per heavy atom. The number of anilines is 3. The third-order valence-corrected chi connectivity index (χ3v) is 5.73. The van der Waals surface area contributed by atoms with Crippen molar-refractivity contribution in [3.63, 3.8) is 0 Å². The summed E-state index contributed by atoms with van der Waals surface area (Å²) in [6, 6.07) is 7.04. The fourth-order valence-electron chi connectivity index (χ4n) is 2.55. The number of aromatic nitrogens is 2. The number of rotatable bonds is 7. The van der Waals surface area contributed by atoms with Gasteiger partial charge in [-0.3, -0.25) is 9.59 Å². The SMILES string of the molecule is O=C(CSc1nnc(NCC(F)(F)F)s1)Nc1ccccc1N1CCCC1=O. The van der Waals surface area contributed by atoms with Crippen molar-refractivity contribution >= 4 is 51.4 Å². The normalized spacial score (nSPS) is 14.4. The van der Waals surface area contributed by atoms with E-state index < -0.39 is 12.7 Å². The molecule has 0 bridgehead atoms.